The van der Waals surface area contributed by atoms with Crippen LogP contribution in [0.1, 0.15) is 30.9 Å². The van der Waals surface area contributed by atoms with Gasteiger partial charge in [-0.1, -0.05) is 0 Å². The summed E-state index contributed by atoms with van der Waals surface area (Å²) >= 11 is 0. The normalized spacial score (nSPS) is 27.9. The largest absolute Gasteiger partial charge is 0.469 e. The highest BCUT2D eigenvalue weighted by Gasteiger charge is 2.56. The molecule has 0 radical (unpaired) electrons. The zero-order valence-corrected chi connectivity index (χ0v) is 18.6. The summed E-state index contributed by atoms with van der Waals surface area (Å²) < 4.78 is 26.3. The predicted octanol–water partition coefficient (Wildman–Crippen LogP) is 1.62. The molecule has 3 fully saturated rings. The van der Waals surface area contributed by atoms with Crippen LogP contribution < -0.4 is 5.32 Å². The van der Waals surface area contributed by atoms with Gasteiger partial charge in [-0.15, -0.1) is 0 Å². The maximum Gasteiger partial charge on any atom is 0.469 e. The maximum absolute atomic E-state index is 13.1. The Labute approximate surface area is 180 Å². The van der Waals surface area contributed by atoms with Crippen molar-refractivity contribution in [2.45, 2.75) is 44.9 Å². The first-order valence-electron chi connectivity index (χ1n) is 9.96. The molecule has 3 aliphatic heterocycles. The molecule has 4 heterocycles. The lowest BCUT2D eigenvalue weighted by atomic mass is 9.71. The minimum Gasteiger partial charge on any atom is -0.447 e. The lowest BCUT2D eigenvalue weighted by molar-refractivity contribution is -0.164. The van der Waals surface area contributed by atoms with E-state index < -0.39 is 26.1 Å². The van der Waals surface area contributed by atoms with E-state index in [0.717, 1.165) is 19.4 Å². The first-order chi connectivity index (χ1) is 14.6. The molecule has 172 valence electrons. The molecule has 3 aliphatic rings. The summed E-state index contributed by atoms with van der Waals surface area (Å²) in [7, 11) is -3.19. The summed E-state index contributed by atoms with van der Waals surface area (Å²) in [5.74, 6) is 0.0111. The number of amides is 1. The molecule has 3 saturated heterocycles. The van der Waals surface area contributed by atoms with Crippen molar-refractivity contribution >= 4 is 25.5 Å². The summed E-state index contributed by atoms with van der Waals surface area (Å²) in [4.78, 5) is 49.6. The van der Waals surface area contributed by atoms with Crippen molar-refractivity contribution in [3.63, 3.8) is 0 Å². The van der Waals surface area contributed by atoms with E-state index >= 15 is 0 Å². The standard InChI is InChI=1S/C19H28N3O8P/c1-12-4-6-20-17(15(12)9-30-31(25,26)27)21-18(24)29-11-19(10-28-3)16(23)14-5-7-22(19)13(2)8-14/h4,6,13-14H,5,7-11H2,1-3H3,(H,20,21,24)(H2,25,26,27). The fourth-order valence-corrected chi connectivity index (χ4v) is 4.80. The number of nitrogens with one attached hydrogen (secondary N) is 1. The van der Waals surface area contributed by atoms with Gasteiger partial charge in [0, 0.05) is 37.4 Å². The SMILES string of the molecule is COCC1(COC(=O)Nc2nccc(C)c2COP(=O)(O)O)C(=O)C2CCN1C(C)C2. The minimum atomic E-state index is -4.70. The third-order valence-corrected chi connectivity index (χ3v) is 6.43. The number of carbonyl (C=O) groups excluding carboxylic acids is 2. The second-order valence-electron chi connectivity index (χ2n) is 8.01. The number of pyridine rings is 1. The number of rotatable bonds is 8. The second-order valence-corrected chi connectivity index (χ2v) is 9.25. The Bertz CT molecular complexity index is 891. The van der Waals surface area contributed by atoms with Crippen molar-refractivity contribution in [3.8, 4) is 0 Å². The number of piperidine rings is 3. The molecule has 0 aliphatic carbocycles. The van der Waals surface area contributed by atoms with Crippen LogP contribution in [0.3, 0.4) is 0 Å². The second kappa shape index (κ2) is 9.32. The number of methoxy groups -OCH3 is 1. The molecule has 0 spiro atoms. The Morgan fingerprint density at radius 2 is 2.16 bits per heavy atom. The number of Topliss-reactive ketones (excluding diaryl/α,β-unsaturated/α-hetero) is 1. The number of hydrogen-bond donors (Lipinski definition) is 3. The van der Waals surface area contributed by atoms with Crippen molar-refractivity contribution in [2.75, 3.05) is 32.2 Å². The van der Waals surface area contributed by atoms with Gasteiger partial charge in [0.05, 0.1) is 13.2 Å². The maximum atomic E-state index is 13.1. The molecule has 4 rings (SSSR count). The van der Waals surface area contributed by atoms with Gasteiger partial charge in [-0.05, 0) is 38.3 Å². The van der Waals surface area contributed by atoms with E-state index in [9.17, 15) is 14.2 Å². The monoisotopic (exact) mass is 457 g/mol. The molecule has 31 heavy (non-hydrogen) atoms. The van der Waals surface area contributed by atoms with Crippen LogP contribution in [-0.4, -0.2) is 70.0 Å². The molecular formula is C19H28N3O8P. The van der Waals surface area contributed by atoms with Crippen LogP contribution >= 0.6 is 7.82 Å². The number of carbonyl (C=O) groups is 2. The van der Waals surface area contributed by atoms with E-state index in [2.05, 4.69) is 19.7 Å². The average molecular weight is 457 g/mol. The topological polar surface area (TPSA) is 148 Å². The average Bonchev–Trinajstić information content (AvgIpc) is 2.69. The zero-order valence-electron chi connectivity index (χ0n) is 17.7. The molecule has 0 saturated carbocycles. The zero-order chi connectivity index (χ0) is 22.8. The molecule has 2 bridgehead atoms. The molecule has 4 atom stereocenters. The highest BCUT2D eigenvalue weighted by atomic mass is 31.2. The van der Waals surface area contributed by atoms with Gasteiger partial charge < -0.3 is 19.3 Å². The van der Waals surface area contributed by atoms with Crippen molar-refractivity contribution in [2.24, 2.45) is 5.92 Å². The minimum absolute atomic E-state index is 0.0240. The summed E-state index contributed by atoms with van der Waals surface area (Å²) in [5, 5.41) is 2.48. The molecule has 1 aromatic rings. The Morgan fingerprint density at radius 3 is 2.81 bits per heavy atom. The number of fused-ring (bicyclic) bond motifs is 3. The van der Waals surface area contributed by atoms with Crippen LogP contribution in [-0.2, 0) is 30.0 Å². The van der Waals surface area contributed by atoms with Crippen molar-refractivity contribution in [1.82, 2.24) is 9.88 Å². The first kappa shape index (κ1) is 23.8. The Balaban J connectivity index is 1.72. The van der Waals surface area contributed by atoms with Crippen LogP contribution in [0.5, 0.6) is 0 Å². The summed E-state index contributed by atoms with van der Waals surface area (Å²) in [6, 6.07) is 1.79. The summed E-state index contributed by atoms with van der Waals surface area (Å²) in [6.45, 7) is 3.97. The first-order valence-corrected chi connectivity index (χ1v) is 11.5. The van der Waals surface area contributed by atoms with E-state index in [0.29, 0.717) is 11.1 Å². The molecule has 1 aromatic heterocycles. The van der Waals surface area contributed by atoms with Crippen LogP contribution in [0.2, 0.25) is 0 Å². The van der Waals surface area contributed by atoms with E-state index in [1.54, 1.807) is 13.0 Å². The van der Waals surface area contributed by atoms with Gasteiger partial charge in [0.15, 0.2) is 5.78 Å². The highest BCUT2D eigenvalue weighted by molar-refractivity contribution is 7.46. The van der Waals surface area contributed by atoms with Gasteiger partial charge >= 0.3 is 13.9 Å². The van der Waals surface area contributed by atoms with Gasteiger partial charge in [-0.3, -0.25) is 19.5 Å². The quantitative estimate of drug-likeness (QED) is 0.492. The van der Waals surface area contributed by atoms with Crippen LogP contribution in [0.4, 0.5) is 10.6 Å². The Hall–Kier alpha value is -1.88. The fraction of sp³-hybridized carbons (Fsp3) is 0.632. The van der Waals surface area contributed by atoms with E-state index in [4.69, 9.17) is 19.3 Å². The lowest BCUT2D eigenvalue weighted by Crippen LogP contribution is -2.71. The number of ether oxygens (including phenoxy) is 2. The number of ketones is 1. The number of anilines is 1. The molecule has 0 aromatic carbocycles. The summed E-state index contributed by atoms with van der Waals surface area (Å²) in [5.41, 5.74) is -0.104. The number of aryl methyl sites for hydroxylation is 1. The van der Waals surface area contributed by atoms with Crippen LogP contribution in [0.25, 0.3) is 0 Å². The smallest absolute Gasteiger partial charge is 0.447 e. The fourth-order valence-electron chi connectivity index (χ4n) is 4.50. The third-order valence-electron chi connectivity index (χ3n) is 5.97. The number of phosphoric ester groups is 1. The van der Waals surface area contributed by atoms with Gasteiger partial charge in [-0.25, -0.2) is 14.3 Å². The van der Waals surface area contributed by atoms with Gasteiger partial charge in [0.2, 0.25) is 0 Å². The molecule has 1 amide bonds. The van der Waals surface area contributed by atoms with Crippen molar-refractivity contribution < 1.29 is 37.9 Å². The molecule has 3 N–H and O–H groups in total. The number of aromatic nitrogens is 1. The molecule has 12 heteroatoms. The van der Waals surface area contributed by atoms with Crippen molar-refractivity contribution in [1.29, 1.82) is 0 Å². The predicted molar refractivity (Wildman–Crippen MR) is 109 cm³/mol. The van der Waals surface area contributed by atoms with E-state index in [-0.39, 0.29) is 36.8 Å². The third kappa shape index (κ3) is 5.14. The molecule has 4 unspecified atom stereocenters. The Morgan fingerprint density at radius 1 is 1.42 bits per heavy atom. The number of hydrogen-bond acceptors (Lipinski definition) is 8. The van der Waals surface area contributed by atoms with Gasteiger partial charge in [0.25, 0.3) is 0 Å². The molecule has 11 nitrogen and oxygen atoms in total. The van der Waals surface area contributed by atoms with Gasteiger partial charge in [0.1, 0.15) is 18.0 Å². The van der Waals surface area contributed by atoms with E-state index in [1.807, 2.05) is 6.92 Å². The van der Waals surface area contributed by atoms with Crippen LogP contribution in [0.15, 0.2) is 12.3 Å². The number of nitrogens with zero attached hydrogens (tertiary/aromatic N) is 2. The lowest BCUT2D eigenvalue weighted by Gasteiger charge is -2.55. The summed E-state index contributed by atoms with van der Waals surface area (Å²) in [6.07, 6.45) is 2.17. The van der Waals surface area contributed by atoms with Crippen LogP contribution in [0, 0.1) is 12.8 Å². The van der Waals surface area contributed by atoms with E-state index in [1.165, 1.54) is 13.3 Å². The molecular weight excluding hydrogens is 429 g/mol. The highest BCUT2D eigenvalue weighted by Crippen LogP contribution is 2.40. The van der Waals surface area contributed by atoms with Gasteiger partial charge in [-0.2, -0.15) is 0 Å². The Kier molecular flexibility index (Phi) is 7.14. The van der Waals surface area contributed by atoms with Crippen molar-refractivity contribution in [3.05, 3.63) is 23.4 Å². The number of phosphoric acid groups is 1.